The summed E-state index contributed by atoms with van der Waals surface area (Å²) < 4.78 is 65.0. The second-order valence-electron chi connectivity index (χ2n) is 5.05. The number of nitrogens with zero attached hydrogens (tertiary/aromatic N) is 1. The Balaban J connectivity index is 0.00000264. The highest BCUT2D eigenvalue weighted by atomic mass is 127. The molecule has 23 heavy (non-hydrogen) atoms. The fourth-order valence-electron chi connectivity index (χ4n) is 2.07. The molecule has 1 fully saturated rings. The number of benzene rings is 1. The third-order valence-electron chi connectivity index (χ3n) is 3.05. The van der Waals surface area contributed by atoms with Gasteiger partial charge in [0.15, 0.2) is 5.96 Å². The van der Waals surface area contributed by atoms with Crippen molar-refractivity contribution in [3.8, 4) is 5.75 Å². The largest absolute Gasteiger partial charge is 0.573 e. The minimum absolute atomic E-state index is 0. The summed E-state index contributed by atoms with van der Waals surface area (Å²) in [5.41, 5.74) is 5.99. The lowest BCUT2D eigenvalue weighted by Crippen LogP contribution is -2.37. The van der Waals surface area contributed by atoms with E-state index in [9.17, 15) is 22.0 Å². The minimum atomic E-state index is -4.75. The van der Waals surface area contributed by atoms with Gasteiger partial charge in [0.05, 0.1) is 0 Å². The molecule has 0 spiro atoms. The van der Waals surface area contributed by atoms with Crippen LogP contribution in [0.25, 0.3) is 0 Å². The van der Waals surface area contributed by atoms with Crippen LogP contribution in [0, 0.1) is 5.92 Å². The van der Waals surface area contributed by atoms with E-state index < -0.39 is 12.3 Å². The van der Waals surface area contributed by atoms with Crippen LogP contribution in [-0.2, 0) is 0 Å². The van der Waals surface area contributed by atoms with Crippen LogP contribution in [0.2, 0.25) is 0 Å². The van der Waals surface area contributed by atoms with Gasteiger partial charge < -0.3 is 15.8 Å². The molecule has 0 unspecified atom stereocenters. The predicted octanol–water partition coefficient (Wildman–Crippen LogP) is 3.98. The zero-order valence-electron chi connectivity index (χ0n) is 11.7. The highest BCUT2D eigenvalue weighted by Crippen LogP contribution is 2.42. The highest BCUT2D eigenvalue weighted by Gasteiger charge is 2.44. The highest BCUT2D eigenvalue weighted by molar-refractivity contribution is 14.0. The Morgan fingerprint density at radius 1 is 1.26 bits per heavy atom. The molecule has 1 aliphatic rings. The van der Waals surface area contributed by atoms with Crippen molar-refractivity contribution in [1.29, 1.82) is 0 Å². The summed E-state index contributed by atoms with van der Waals surface area (Å²) in [6.07, 6.45) is -5.15. The van der Waals surface area contributed by atoms with Gasteiger partial charge in [-0.05, 0) is 30.2 Å². The van der Waals surface area contributed by atoms with Crippen molar-refractivity contribution in [2.75, 3.05) is 11.9 Å². The monoisotopic (exact) mass is 451 g/mol. The summed E-state index contributed by atoms with van der Waals surface area (Å²) in [6, 6.07) is 4.91. The molecule has 1 aromatic rings. The second-order valence-corrected chi connectivity index (χ2v) is 5.05. The lowest BCUT2D eigenvalue weighted by atomic mass is 9.81. The molecule has 4 nitrogen and oxygen atoms in total. The van der Waals surface area contributed by atoms with E-state index in [1.165, 1.54) is 12.1 Å². The molecule has 0 aliphatic heterocycles. The first-order valence-electron chi connectivity index (χ1n) is 6.43. The van der Waals surface area contributed by atoms with Gasteiger partial charge >= 0.3 is 6.36 Å². The Morgan fingerprint density at radius 3 is 2.30 bits per heavy atom. The van der Waals surface area contributed by atoms with E-state index in [4.69, 9.17) is 5.73 Å². The Kier molecular flexibility index (Phi) is 6.42. The molecular formula is C13H15F5IN3O. The maximum absolute atomic E-state index is 12.6. The Labute approximate surface area is 146 Å². The first-order valence-corrected chi connectivity index (χ1v) is 6.43. The van der Waals surface area contributed by atoms with Crippen LogP contribution in [-0.4, -0.2) is 24.8 Å². The van der Waals surface area contributed by atoms with E-state index in [0.29, 0.717) is 5.69 Å². The van der Waals surface area contributed by atoms with Gasteiger partial charge in [0.25, 0.3) is 0 Å². The summed E-state index contributed by atoms with van der Waals surface area (Å²) in [5.74, 6) is -3.14. The molecule has 3 N–H and O–H groups in total. The van der Waals surface area contributed by atoms with Gasteiger partial charge in [0.1, 0.15) is 5.75 Å². The lowest BCUT2D eigenvalue weighted by Gasteiger charge is -2.33. The van der Waals surface area contributed by atoms with Crippen molar-refractivity contribution < 1.29 is 26.7 Å². The molecular weight excluding hydrogens is 436 g/mol. The number of nitrogens with one attached hydrogen (secondary N) is 1. The number of guanidine groups is 1. The maximum Gasteiger partial charge on any atom is 0.573 e. The van der Waals surface area contributed by atoms with Gasteiger partial charge in [-0.15, -0.1) is 37.1 Å². The zero-order valence-corrected chi connectivity index (χ0v) is 14.1. The molecule has 2 rings (SSSR count). The predicted molar refractivity (Wildman–Crippen MR) is 86.3 cm³/mol. The molecule has 0 aromatic heterocycles. The van der Waals surface area contributed by atoms with Crippen LogP contribution in [0.1, 0.15) is 12.8 Å². The Hall–Kier alpha value is -1.33. The van der Waals surface area contributed by atoms with Crippen molar-refractivity contribution in [1.82, 2.24) is 0 Å². The molecule has 0 atom stereocenters. The first kappa shape index (κ1) is 19.7. The minimum Gasteiger partial charge on any atom is -0.406 e. The van der Waals surface area contributed by atoms with E-state index in [0.717, 1.165) is 12.1 Å². The molecule has 1 saturated carbocycles. The molecule has 1 aromatic carbocycles. The van der Waals surface area contributed by atoms with Gasteiger partial charge in [-0.2, -0.15) is 0 Å². The molecule has 0 radical (unpaired) electrons. The number of anilines is 1. The number of aliphatic imine (C=N–C) groups is 1. The Morgan fingerprint density at radius 2 is 1.83 bits per heavy atom. The fraction of sp³-hybridized carbons (Fsp3) is 0.462. The average Bonchev–Trinajstić information content (AvgIpc) is 2.34. The number of ether oxygens (including phenoxy) is 1. The van der Waals surface area contributed by atoms with Crippen molar-refractivity contribution >= 4 is 35.6 Å². The van der Waals surface area contributed by atoms with Gasteiger partial charge in [-0.3, -0.25) is 4.99 Å². The maximum atomic E-state index is 12.6. The summed E-state index contributed by atoms with van der Waals surface area (Å²) in [5, 5.41) is 2.66. The van der Waals surface area contributed by atoms with Crippen molar-refractivity contribution in [3.63, 3.8) is 0 Å². The first-order chi connectivity index (χ1) is 10.1. The lowest BCUT2D eigenvalue weighted by molar-refractivity contribution is -0.274. The normalized spacial score (nSPS) is 17.9. The van der Waals surface area contributed by atoms with Gasteiger partial charge in [-0.1, -0.05) is 0 Å². The van der Waals surface area contributed by atoms with Crippen LogP contribution in [0.3, 0.4) is 0 Å². The number of rotatable bonds is 4. The van der Waals surface area contributed by atoms with Gasteiger partial charge in [0, 0.05) is 25.1 Å². The topological polar surface area (TPSA) is 59.6 Å². The van der Waals surface area contributed by atoms with E-state index in [-0.39, 0.29) is 61.0 Å². The summed E-state index contributed by atoms with van der Waals surface area (Å²) in [6.45, 7) is 0.184. The van der Waals surface area contributed by atoms with Crippen molar-refractivity contribution in [2.45, 2.75) is 25.1 Å². The van der Waals surface area contributed by atoms with Gasteiger partial charge in [-0.25, -0.2) is 8.78 Å². The molecule has 0 amide bonds. The van der Waals surface area contributed by atoms with E-state index >= 15 is 0 Å². The quantitative estimate of drug-likeness (QED) is 0.315. The summed E-state index contributed by atoms with van der Waals surface area (Å²) in [7, 11) is 0. The number of halogens is 6. The van der Waals surface area contributed by atoms with Crippen LogP contribution in [0.5, 0.6) is 5.75 Å². The Bertz CT molecular complexity index is 540. The van der Waals surface area contributed by atoms with Gasteiger partial charge in [0.2, 0.25) is 5.92 Å². The smallest absolute Gasteiger partial charge is 0.406 e. The third kappa shape index (κ3) is 6.75. The summed E-state index contributed by atoms with van der Waals surface area (Å²) >= 11 is 0. The average molecular weight is 451 g/mol. The fourth-order valence-corrected chi connectivity index (χ4v) is 2.07. The van der Waals surface area contributed by atoms with Crippen molar-refractivity contribution in [2.24, 2.45) is 16.6 Å². The van der Waals surface area contributed by atoms with E-state index in [2.05, 4.69) is 15.0 Å². The molecule has 130 valence electrons. The third-order valence-corrected chi connectivity index (χ3v) is 3.05. The van der Waals surface area contributed by atoms with Crippen LogP contribution in [0.15, 0.2) is 29.3 Å². The molecule has 0 saturated heterocycles. The van der Waals surface area contributed by atoms with Crippen molar-refractivity contribution in [3.05, 3.63) is 24.3 Å². The van der Waals surface area contributed by atoms with E-state index in [1.54, 1.807) is 0 Å². The number of hydrogen-bond acceptors (Lipinski definition) is 2. The molecule has 10 heteroatoms. The SMILES string of the molecule is I.NC(=NCC1CC(F)(F)C1)Nc1ccc(OC(F)(F)F)cc1. The van der Waals surface area contributed by atoms with E-state index in [1.807, 2.05) is 0 Å². The van der Waals surface area contributed by atoms with Crippen LogP contribution in [0.4, 0.5) is 27.6 Å². The molecule has 0 heterocycles. The molecule has 0 bridgehead atoms. The zero-order chi connectivity index (χ0) is 16.4. The molecule has 1 aliphatic carbocycles. The number of nitrogens with two attached hydrogens (primary N) is 1. The standard InChI is InChI=1S/C13H14F5N3O.HI/c14-12(15)5-8(6-12)7-20-11(19)21-9-1-3-10(4-2-9)22-13(16,17)18;/h1-4,8H,5-7H2,(H3,19,20,21);1H. The second kappa shape index (κ2) is 7.49. The van der Waals surface area contributed by atoms with Crippen LogP contribution >= 0.6 is 24.0 Å². The van der Waals surface area contributed by atoms with Crippen LogP contribution < -0.4 is 15.8 Å². The number of alkyl halides is 5. The summed E-state index contributed by atoms with van der Waals surface area (Å²) in [4.78, 5) is 3.93. The number of hydrogen-bond donors (Lipinski definition) is 2.